The minimum Gasteiger partial charge on any atom is -0.389 e. The fourth-order valence-corrected chi connectivity index (χ4v) is 5.60. The summed E-state index contributed by atoms with van der Waals surface area (Å²) in [5.74, 6) is 2.01. The molecule has 0 aromatic carbocycles. The van der Waals surface area contributed by atoms with Crippen LogP contribution in [0.2, 0.25) is 0 Å². The van der Waals surface area contributed by atoms with Gasteiger partial charge in [-0.2, -0.15) is 0 Å². The average molecular weight is 300 g/mol. The van der Waals surface area contributed by atoms with Gasteiger partial charge in [0.05, 0.1) is 12.2 Å². The van der Waals surface area contributed by atoms with Gasteiger partial charge in [-0.3, -0.25) is 0 Å². The summed E-state index contributed by atoms with van der Waals surface area (Å²) in [6.45, 7) is 9.11. The first-order valence-electron chi connectivity index (χ1n) is 8.70. The van der Waals surface area contributed by atoms with Crippen LogP contribution < -0.4 is 0 Å². The molecule has 6 aliphatic rings. The zero-order valence-electron chi connectivity index (χ0n) is 14.1. The van der Waals surface area contributed by atoms with Crippen molar-refractivity contribution in [3.05, 3.63) is 35.5 Å². The number of rotatable bonds is 2. The van der Waals surface area contributed by atoms with E-state index in [4.69, 9.17) is 0 Å². The molecule has 4 bridgehead atoms. The third kappa shape index (κ3) is 1.74. The lowest BCUT2D eigenvalue weighted by Crippen LogP contribution is -2.54. The summed E-state index contributed by atoms with van der Waals surface area (Å²) in [6, 6.07) is 0. The first kappa shape index (κ1) is 14.7. The Balaban J connectivity index is 1.58. The lowest BCUT2D eigenvalue weighted by molar-refractivity contribution is -0.0754. The van der Waals surface area contributed by atoms with Crippen molar-refractivity contribution in [2.24, 2.45) is 34.5 Å². The van der Waals surface area contributed by atoms with Crippen molar-refractivity contribution < 1.29 is 10.2 Å². The Hall–Kier alpha value is -0.860. The lowest BCUT2D eigenvalue weighted by atomic mass is 9.47. The van der Waals surface area contributed by atoms with E-state index in [0.717, 1.165) is 12.8 Å². The van der Waals surface area contributed by atoms with Gasteiger partial charge in [0.1, 0.15) is 0 Å². The van der Waals surface area contributed by atoms with Gasteiger partial charge in [0.15, 0.2) is 0 Å². The zero-order valence-corrected chi connectivity index (χ0v) is 14.1. The van der Waals surface area contributed by atoms with Crippen molar-refractivity contribution in [3.8, 4) is 0 Å². The molecule has 0 spiro atoms. The van der Waals surface area contributed by atoms with Gasteiger partial charge in [0, 0.05) is 0 Å². The Morgan fingerprint density at radius 2 is 1.18 bits per heavy atom. The molecule has 2 saturated carbocycles. The molecule has 2 N–H and O–H groups in total. The first-order chi connectivity index (χ1) is 10.2. The summed E-state index contributed by atoms with van der Waals surface area (Å²) in [5, 5.41) is 20.6. The van der Waals surface area contributed by atoms with E-state index in [1.54, 1.807) is 0 Å². The molecule has 0 aliphatic heterocycles. The van der Waals surface area contributed by atoms with E-state index in [1.807, 2.05) is 0 Å². The third-order valence-electron chi connectivity index (χ3n) is 7.51. The molecule has 0 aromatic rings. The fourth-order valence-electron chi connectivity index (χ4n) is 5.60. The standard InChI is InChI=1S/C20H28O2/c1-19(2)13-9-15(19)17(21)7-11(13)5-6-12-8-18(22)16-10-14(12)20(16,3)4/h5-8,13-18,21-22H,9-10H2,1-4H3/b6-5-/t13-,14-,15+,16+,17-,18-/m1/s1. The number of aliphatic hydroxyl groups is 2. The van der Waals surface area contributed by atoms with E-state index >= 15 is 0 Å². The molecular formula is C20H28O2. The van der Waals surface area contributed by atoms with Crippen molar-refractivity contribution in [2.45, 2.75) is 52.7 Å². The highest BCUT2D eigenvalue weighted by molar-refractivity contribution is 5.41. The maximum Gasteiger partial charge on any atom is 0.0760 e. The Labute approximate surface area is 133 Å². The first-order valence-corrected chi connectivity index (χ1v) is 8.70. The molecule has 2 fully saturated rings. The molecule has 0 heterocycles. The van der Waals surface area contributed by atoms with Crippen LogP contribution in [0.3, 0.4) is 0 Å². The summed E-state index contributed by atoms with van der Waals surface area (Å²) < 4.78 is 0. The second-order valence-corrected chi connectivity index (χ2v) is 9.08. The van der Waals surface area contributed by atoms with Crippen molar-refractivity contribution in [2.75, 3.05) is 0 Å². The van der Waals surface area contributed by atoms with E-state index in [0.29, 0.717) is 23.7 Å². The molecule has 22 heavy (non-hydrogen) atoms. The van der Waals surface area contributed by atoms with Gasteiger partial charge < -0.3 is 10.2 Å². The smallest absolute Gasteiger partial charge is 0.0760 e. The van der Waals surface area contributed by atoms with Gasteiger partial charge in [-0.1, -0.05) is 52.0 Å². The molecule has 120 valence electrons. The van der Waals surface area contributed by atoms with E-state index in [-0.39, 0.29) is 23.0 Å². The van der Waals surface area contributed by atoms with Crippen molar-refractivity contribution in [1.82, 2.24) is 0 Å². The van der Waals surface area contributed by atoms with E-state index in [9.17, 15) is 10.2 Å². The SMILES string of the molecule is CC1(C)[C@@H]2C[C@H]1[C@H](O)C=C2/C=C\C1=C[C@@H](O)[C@@H]2C[C@H]1C2(C)C. The molecule has 6 atom stereocenters. The highest BCUT2D eigenvalue weighted by Gasteiger charge is 2.55. The van der Waals surface area contributed by atoms with Crippen LogP contribution >= 0.6 is 0 Å². The third-order valence-corrected chi connectivity index (χ3v) is 7.51. The monoisotopic (exact) mass is 300 g/mol. The minimum atomic E-state index is -0.296. The van der Waals surface area contributed by atoms with Crippen molar-refractivity contribution in [1.29, 1.82) is 0 Å². The Morgan fingerprint density at radius 1 is 0.818 bits per heavy atom. The number of allylic oxidation sites excluding steroid dienone is 4. The number of fused-ring (bicyclic) bond motifs is 2. The predicted molar refractivity (Wildman–Crippen MR) is 88.1 cm³/mol. The topological polar surface area (TPSA) is 40.5 Å². The predicted octanol–water partition coefficient (Wildman–Crippen LogP) is 3.47. The van der Waals surface area contributed by atoms with Crippen LogP contribution in [0.5, 0.6) is 0 Å². The molecule has 6 rings (SSSR count). The maximum absolute atomic E-state index is 10.3. The maximum atomic E-state index is 10.3. The van der Waals surface area contributed by atoms with Crippen LogP contribution in [-0.4, -0.2) is 22.4 Å². The molecule has 0 aromatic heterocycles. The van der Waals surface area contributed by atoms with E-state index in [1.165, 1.54) is 11.1 Å². The van der Waals surface area contributed by atoms with Crippen molar-refractivity contribution in [3.63, 3.8) is 0 Å². The van der Waals surface area contributed by atoms with E-state index in [2.05, 4.69) is 52.0 Å². The highest BCUT2D eigenvalue weighted by atomic mass is 16.3. The Bertz CT molecular complexity index is 541. The van der Waals surface area contributed by atoms with Gasteiger partial charge in [-0.15, -0.1) is 0 Å². The van der Waals surface area contributed by atoms with Gasteiger partial charge in [0.2, 0.25) is 0 Å². The van der Waals surface area contributed by atoms with Gasteiger partial charge in [-0.25, -0.2) is 0 Å². The molecule has 6 aliphatic carbocycles. The zero-order chi connectivity index (χ0) is 15.9. The van der Waals surface area contributed by atoms with Gasteiger partial charge >= 0.3 is 0 Å². The molecule has 0 unspecified atom stereocenters. The Kier molecular flexibility index (Phi) is 2.92. The number of hydrogen-bond acceptors (Lipinski definition) is 2. The number of hydrogen-bond donors (Lipinski definition) is 2. The summed E-state index contributed by atoms with van der Waals surface area (Å²) in [7, 11) is 0. The van der Waals surface area contributed by atoms with Crippen LogP contribution in [0.4, 0.5) is 0 Å². The van der Waals surface area contributed by atoms with Crippen LogP contribution in [-0.2, 0) is 0 Å². The quantitative estimate of drug-likeness (QED) is 0.820. The highest BCUT2D eigenvalue weighted by Crippen LogP contribution is 2.61. The molecule has 0 amide bonds. The second kappa shape index (κ2) is 4.36. The second-order valence-electron chi connectivity index (χ2n) is 9.08. The molecule has 2 heteroatoms. The summed E-state index contributed by atoms with van der Waals surface area (Å²) in [4.78, 5) is 0. The molecule has 2 nitrogen and oxygen atoms in total. The van der Waals surface area contributed by atoms with Crippen molar-refractivity contribution >= 4 is 0 Å². The summed E-state index contributed by atoms with van der Waals surface area (Å²) >= 11 is 0. The summed E-state index contributed by atoms with van der Waals surface area (Å²) in [5.41, 5.74) is 3.01. The van der Waals surface area contributed by atoms with Crippen LogP contribution in [0.1, 0.15) is 40.5 Å². The molecule has 0 radical (unpaired) electrons. The largest absolute Gasteiger partial charge is 0.389 e. The summed E-state index contributed by atoms with van der Waals surface area (Å²) in [6.07, 6.45) is 10.2. The lowest BCUT2D eigenvalue weighted by Gasteiger charge is -2.58. The average Bonchev–Trinajstić information content (AvgIpc) is 2.42. The molecule has 0 saturated heterocycles. The minimum absolute atomic E-state index is 0.217. The van der Waals surface area contributed by atoms with Crippen LogP contribution in [0.15, 0.2) is 35.5 Å². The van der Waals surface area contributed by atoms with Gasteiger partial charge in [0.25, 0.3) is 0 Å². The molecular weight excluding hydrogens is 272 g/mol. The Morgan fingerprint density at radius 3 is 1.45 bits per heavy atom. The van der Waals surface area contributed by atoms with E-state index < -0.39 is 0 Å². The normalized spacial score (nSPS) is 47.4. The van der Waals surface area contributed by atoms with Gasteiger partial charge in [-0.05, 0) is 58.5 Å². The van der Waals surface area contributed by atoms with Crippen LogP contribution in [0.25, 0.3) is 0 Å². The number of aliphatic hydroxyl groups excluding tert-OH is 2. The van der Waals surface area contributed by atoms with Crippen LogP contribution in [0, 0.1) is 34.5 Å². The fraction of sp³-hybridized carbons (Fsp3) is 0.700.